The highest BCUT2D eigenvalue weighted by molar-refractivity contribution is 9.10. The molecule has 0 amide bonds. The van der Waals surface area contributed by atoms with Crippen molar-refractivity contribution < 1.29 is 0 Å². The number of rotatable bonds is 2. The van der Waals surface area contributed by atoms with Crippen molar-refractivity contribution in [2.45, 2.75) is 6.04 Å². The molecule has 2 rings (SSSR count). The van der Waals surface area contributed by atoms with E-state index in [0.29, 0.717) is 6.04 Å². The van der Waals surface area contributed by atoms with Gasteiger partial charge in [-0.15, -0.1) is 0 Å². The Hall–Kier alpha value is -0.250. The van der Waals surface area contributed by atoms with Crippen molar-refractivity contribution >= 4 is 33.2 Å². The van der Waals surface area contributed by atoms with E-state index >= 15 is 0 Å². The van der Waals surface area contributed by atoms with Crippen molar-refractivity contribution in [3.63, 3.8) is 0 Å². The van der Waals surface area contributed by atoms with Crippen LogP contribution in [0.3, 0.4) is 0 Å². The van der Waals surface area contributed by atoms with Gasteiger partial charge in [0, 0.05) is 28.3 Å². The summed E-state index contributed by atoms with van der Waals surface area (Å²) in [6.07, 6.45) is 0. The predicted molar refractivity (Wildman–Crippen MR) is 59.4 cm³/mol. The summed E-state index contributed by atoms with van der Waals surface area (Å²) in [7, 11) is 0. The van der Waals surface area contributed by atoms with Gasteiger partial charge in [-0.25, -0.2) is 0 Å². The lowest BCUT2D eigenvalue weighted by Gasteiger charge is -2.29. The fraction of sp³-hybridized carbons (Fsp3) is 0.333. The van der Waals surface area contributed by atoms with E-state index in [0.717, 1.165) is 28.3 Å². The average molecular weight is 262 g/mol. The van der Waals surface area contributed by atoms with Crippen molar-refractivity contribution in [3.8, 4) is 0 Å². The first-order valence-corrected chi connectivity index (χ1v) is 5.35. The molecule has 1 aliphatic rings. The first-order valence-electron chi connectivity index (χ1n) is 4.18. The molecule has 0 aliphatic carbocycles. The lowest BCUT2D eigenvalue weighted by atomic mass is 10.1. The van der Waals surface area contributed by atoms with Crippen LogP contribution >= 0.6 is 27.5 Å². The number of halogens is 2. The van der Waals surface area contributed by atoms with Crippen molar-refractivity contribution in [1.82, 2.24) is 5.32 Å². The van der Waals surface area contributed by atoms with Crippen molar-refractivity contribution in [3.05, 3.63) is 27.7 Å². The van der Waals surface area contributed by atoms with Crippen LogP contribution in [0.5, 0.6) is 0 Å². The van der Waals surface area contributed by atoms with Gasteiger partial charge in [-0.2, -0.15) is 0 Å². The van der Waals surface area contributed by atoms with E-state index < -0.39 is 0 Å². The highest BCUT2D eigenvalue weighted by Crippen LogP contribution is 2.26. The molecule has 2 nitrogen and oxygen atoms in total. The molecular formula is C9H10BrClN2. The first-order chi connectivity index (χ1) is 6.25. The summed E-state index contributed by atoms with van der Waals surface area (Å²) in [5.41, 5.74) is 1.11. The van der Waals surface area contributed by atoms with Crippen molar-refractivity contribution in [2.75, 3.05) is 18.4 Å². The summed E-state index contributed by atoms with van der Waals surface area (Å²) < 4.78 is 1.02. The van der Waals surface area contributed by atoms with Gasteiger partial charge in [0.1, 0.15) is 0 Å². The molecular weight excluding hydrogens is 251 g/mol. The molecule has 1 aromatic rings. The Labute approximate surface area is 90.8 Å². The number of hydrogen-bond acceptors (Lipinski definition) is 2. The molecule has 1 aromatic carbocycles. The Kier molecular flexibility index (Phi) is 2.77. The number of nitrogens with one attached hydrogen (secondary N) is 2. The third-order valence-electron chi connectivity index (χ3n) is 2.07. The summed E-state index contributed by atoms with van der Waals surface area (Å²) in [4.78, 5) is 0. The molecule has 0 radical (unpaired) electrons. The van der Waals surface area contributed by atoms with Gasteiger partial charge in [0.05, 0.1) is 6.04 Å². The standard InChI is InChI=1S/C9H10BrClN2/c10-8-3-6(11)1-2-9(8)13-7-4-12-5-7/h1-3,7,12-13H,4-5H2. The minimum absolute atomic E-state index is 0.553. The van der Waals surface area contributed by atoms with Gasteiger partial charge in [0.25, 0.3) is 0 Å². The topological polar surface area (TPSA) is 24.1 Å². The van der Waals surface area contributed by atoms with Crippen LogP contribution in [0.2, 0.25) is 5.02 Å². The third-order valence-corrected chi connectivity index (χ3v) is 2.96. The Morgan fingerprint density at radius 3 is 2.77 bits per heavy atom. The van der Waals surface area contributed by atoms with E-state index in [1.54, 1.807) is 0 Å². The normalized spacial score (nSPS) is 16.8. The van der Waals surface area contributed by atoms with Gasteiger partial charge in [-0.3, -0.25) is 0 Å². The Morgan fingerprint density at radius 1 is 1.46 bits per heavy atom. The summed E-state index contributed by atoms with van der Waals surface area (Å²) >= 11 is 9.29. The maximum Gasteiger partial charge on any atom is 0.0510 e. The molecule has 1 aliphatic heterocycles. The number of hydrogen-bond donors (Lipinski definition) is 2. The van der Waals surface area contributed by atoms with Gasteiger partial charge in [0.2, 0.25) is 0 Å². The maximum absolute atomic E-state index is 5.83. The van der Waals surface area contributed by atoms with E-state index in [2.05, 4.69) is 26.6 Å². The molecule has 70 valence electrons. The molecule has 2 N–H and O–H groups in total. The second-order valence-corrected chi connectivity index (χ2v) is 4.41. The van der Waals surface area contributed by atoms with Gasteiger partial charge >= 0.3 is 0 Å². The smallest absolute Gasteiger partial charge is 0.0510 e. The highest BCUT2D eigenvalue weighted by Gasteiger charge is 2.16. The molecule has 0 bridgehead atoms. The van der Waals surface area contributed by atoms with Crippen LogP contribution in [0, 0.1) is 0 Å². The van der Waals surface area contributed by atoms with E-state index in [4.69, 9.17) is 11.6 Å². The van der Waals surface area contributed by atoms with Crippen LogP contribution in [-0.4, -0.2) is 19.1 Å². The van der Waals surface area contributed by atoms with E-state index in [1.807, 2.05) is 18.2 Å². The molecule has 1 saturated heterocycles. The zero-order chi connectivity index (χ0) is 9.26. The molecule has 4 heteroatoms. The SMILES string of the molecule is Clc1ccc(NC2CNC2)c(Br)c1. The van der Waals surface area contributed by atoms with Gasteiger partial charge in [-0.1, -0.05) is 11.6 Å². The van der Waals surface area contributed by atoms with Crippen LogP contribution in [0.25, 0.3) is 0 Å². The minimum atomic E-state index is 0.553. The van der Waals surface area contributed by atoms with Gasteiger partial charge in [-0.05, 0) is 34.1 Å². The molecule has 1 fully saturated rings. The summed E-state index contributed by atoms with van der Waals surface area (Å²) in [6, 6.07) is 6.33. The molecule has 0 unspecified atom stereocenters. The molecule has 13 heavy (non-hydrogen) atoms. The van der Waals surface area contributed by atoms with Gasteiger partial charge in [0.15, 0.2) is 0 Å². The average Bonchev–Trinajstić information content (AvgIpc) is 1.99. The summed E-state index contributed by atoms with van der Waals surface area (Å²) in [5, 5.41) is 7.37. The zero-order valence-electron chi connectivity index (χ0n) is 6.98. The summed E-state index contributed by atoms with van der Waals surface area (Å²) in [5.74, 6) is 0. The van der Waals surface area contributed by atoms with Crippen LogP contribution in [0.15, 0.2) is 22.7 Å². The zero-order valence-corrected chi connectivity index (χ0v) is 9.32. The van der Waals surface area contributed by atoms with Crippen LogP contribution < -0.4 is 10.6 Å². The number of anilines is 1. The minimum Gasteiger partial charge on any atom is -0.379 e. The highest BCUT2D eigenvalue weighted by atomic mass is 79.9. The fourth-order valence-corrected chi connectivity index (χ4v) is 2.01. The van der Waals surface area contributed by atoms with E-state index in [9.17, 15) is 0 Å². The van der Waals surface area contributed by atoms with E-state index in [1.165, 1.54) is 0 Å². The van der Waals surface area contributed by atoms with Crippen LogP contribution in [0.4, 0.5) is 5.69 Å². The quantitative estimate of drug-likeness (QED) is 0.855. The monoisotopic (exact) mass is 260 g/mol. The lowest BCUT2D eigenvalue weighted by Crippen LogP contribution is -2.51. The number of benzene rings is 1. The van der Waals surface area contributed by atoms with Crippen molar-refractivity contribution in [2.24, 2.45) is 0 Å². The molecule has 0 saturated carbocycles. The lowest BCUT2D eigenvalue weighted by molar-refractivity contribution is 0.472. The Balaban J connectivity index is 2.10. The van der Waals surface area contributed by atoms with Crippen molar-refractivity contribution in [1.29, 1.82) is 0 Å². The molecule has 1 heterocycles. The first kappa shape index (κ1) is 9.31. The summed E-state index contributed by atoms with van der Waals surface area (Å²) in [6.45, 7) is 2.07. The Morgan fingerprint density at radius 2 is 2.23 bits per heavy atom. The second kappa shape index (κ2) is 3.86. The van der Waals surface area contributed by atoms with Gasteiger partial charge < -0.3 is 10.6 Å². The largest absolute Gasteiger partial charge is 0.379 e. The Bertz CT molecular complexity index is 312. The third kappa shape index (κ3) is 2.16. The molecule has 0 spiro atoms. The second-order valence-electron chi connectivity index (χ2n) is 3.12. The fourth-order valence-electron chi connectivity index (χ4n) is 1.22. The molecule has 0 aromatic heterocycles. The van der Waals surface area contributed by atoms with Crippen LogP contribution in [0.1, 0.15) is 0 Å². The van der Waals surface area contributed by atoms with Crippen LogP contribution in [-0.2, 0) is 0 Å². The maximum atomic E-state index is 5.83. The van der Waals surface area contributed by atoms with E-state index in [-0.39, 0.29) is 0 Å². The predicted octanol–water partition coefficient (Wildman–Crippen LogP) is 2.49. The molecule has 0 atom stereocenters.